The molecule has 4 rings (SSSR count). The summed E-state index contributed by atoms with van der Waals surface area (Å²) in [7, 11) is 0. The molecule has 0 aliphatic heterocycles. The smallest absolute Gasteiger partial charge is 0.262 e. The standard InChI is InChI=1S/C24H23N3O2S/c1-3-27-23(29)20-10-6-7-11-21(20)26-24(27)30-15-22(28)25-16(2)18-13-12-17-8-4-5-9-19(17)14-18/h4-14,16H,3,15H2,1-2H3,(H,25,28). The number of fused-ring (bicyclic) bond motifs is 2. The Kier molecular flexibility index (Phi) is 5.86. The Balaban J connectivity index is 1.47. The van der Waals surface area contributed by atoms with Crippen LogP contribution in [0.4, 0.5) is 0 Å². The molecule has 1 N–H and O–H groups in total. The van der Waals surface area contributed by atoms with E-state index in [1.165, 1.54) is 17.1 Å². The zero-order chi connectivity index (χ0) is 21.1. The van der Waals surface area contributed by atoms with Gasteiger partial charge in [-0.2, -0.15) is 0 Å². The molecule has 152 valence electrons. The zero-order valence-electron chi connectivity index (χ0n) is 17.0. The number of benzene rings is 3. The average Bonchev–Trinajstić information content (AvgIpc) is 2.77. The fraction of sp³-hybridized carbons (Fsp3) is 0.208. The molecule has 1 amide bonds. The van der Waals surface area contributed by atoms with Crippen LogP contribution in [0.2, 0.25) is 0 Å². The van der Waals surface area contributed by atoms with E-state index in [2.05, 4.69) is 34.6 Å². The molecule has 1 heterocycles. The second kappa shape index (κ2) is 8.71. The largest absolute Gasteiger partial charge is 0.349 e. The summed E-state index contributed by atoms with van der Waals surface area (Å²) in [5.41, 5.74) is 1.64. The van der Waals surface area contributed by atoms with E-state index in [4.69, 9.17) is 0 Å². The van der Waals surface area contributed by atoms with E-state index in [-0.39, 0.29) is 23.3 Å². The first-order valence-corrected chi connectivity index (χ1v) is 11.0. The van der Waals surface area contributed by atoms with Gasteiger partial charge >= 0.3 is 0 Å². The molecule has 4 aromatic rings. The number of thioether (sulfide) groups is 1. The van der Waals surface area contributed by atoms with Crippen LogP contribution in [-0.4, -0.2) is 21.2 Å². The Morgan fingerprint density at radius 1 is 1.07 bits per heavy atom. The maximum absolute atomic E-state index is 12.7. The number of hydrogen-bond donors (Lipinski definition) is 1. The van der Waals surface area contributed by atoms with Crippen LogP contribution in [0.1, 0.15) is 25.5 Å². The number of rotatable bonds is 6. The number of carbonyl (C=O) groups excluding carboxylic acids is 1. The molecule has 0 saturated carbocycles. The topological polar surface area (TPSA) is 64.0 Å². The second-order valence-corrected chi connectivity index (χ2v) is 8.09. The van der Waals surface area contributed by atoms with Crippen molar-refractivity contribution in [3.63, 3.8) is 0 Å². The maximum atomic E-state index is 12.7. The first-order chi connectivity index (χ1) is 14.6. The molecule has 0 aliphatic rings. The lowest BCUT2D eigenvalue weighted by molar-refractivity contribution is -0.119. The lowest BCUT2D eigenvalue weighted by Crippen LogP contribution is -2.29. The van der Waals surface area contributed by atoms with Gasteiger partial charge in [0.25, 0.3) is 5.56 Å². The molecule has 5 nitrogen and oxygen atoms in total. The van der Waals surface area contributed by atoms with Crippen LogP contribution in [0.25, 0.3) is 21.7 Å². The van der Waals surface area contributed by atoms with Crippen LogP contribution in [0.3, 0.4) is 0 Å². The van der Waals surface area contributed by atoms with Gasteiger partial charge in [-0.1, -0.05) is 60.3 Å². The lowest BCUT2D eigenvalue weighted by atomic mass is 10.0. The van der Waals surface area contributed by atoms with Gasteiger partial charge in [-0.15, -0.1) is 0 Å². The summed E-state index contributed by atoms with van der Waals surface area (Å²) in [5.74, 6) is 0.105. The summed E-state index contributed by atoms with van der Waals surface area (Å²) >= 11 is 1.29. The number of aromatic nitrogens is 2. The minimum Gasteiger partial charge on any atom is -0.349 e. The predicted molar refractivity (Wildman–Crippen MR) is 123 cm³/mol. The van der Waals surface area contributed by atoms with Crippen molar-refractivity contribution >= 4 is 39.3 Å². The summed E-state index contributed by atoms with van der Waals surface area (Å²) in [6, 6.07) is 21.6. The van der Waals surface area contributed by atoms with Crippen LogP contribution in [-0.2, 0) is 11.3 Å². The van der Waals surface area contributed by atoms with E-state index in [0.29, 0.717) is 22.6 Å². The Morgan fingerprint density at radius 2 is 1.80 bits per heavy atom. The van der Waals surface area contributed by atoms with Crippen molar-refractivity contribution in [2.24, 2.45) is 0 Å². The normalized spacial score (nSPS) is 12.2. The Labute approximate surface area is 179 Å². The van der Waals surface area contributed by atoms with Gasteiger partial charge in [0.05, 0.1) is 22.7 Å². The van der Waals surface area contributed by atoms with Gasteiger partial charge in [-0.25, -0.2) is 4.98 Å². The molecule has 0 bridgehead atoms. The summed E-state index contributed by atoms with van der Waals surface area (Å²) < 4.78 is 1.62. The Morgan fingerprint density at radius 3 is 2.60 bits per heavy atom. The Hall–Kier alpha value is -3.12. The van der Waals surface area contributed by atoms with E-state index in [0.717, 1.165) is 10.9 Å². The third kappa shape index (κ3) is 4.09. The maximum Gasteiger partial charge on any atom is 0.262 e. The highest BCUT2D eigenvalue weighted by Gasteiger charge is 2.14. The van der Waals surface area contributed by atoms with Crippen LogP contribution >= 0.6 is 11.8 Å². The Bertz CT molecular complexity index is 1280. The number of hydrogen-bond acceptors (Lipinski definition) is 4. The van der Waals surface area contributed by atoms with Crippen molar-refractivity contribution in [3.8, 4) is 0 Å². The van der Waals surface area contributed by atoms with Crippen molar-refractivity contribution in [3.05, 3.63) is 82.6 Å². The molecular weight excluding hydrogens is 394 g/mol. The van der Waals surface area contributed by atoms with Gasteiger partial charge in [0.1, 0.15) is 0 Å². The molecule has 0 saturated heterocycles. The second-order valence-electron chi connectivity index (χ2n) is 7.15. The van der Waals surface area contributed by atoms with Crippen molar-refractivity contribution in [1.29, 1.82) is 0 Å². The summed E-state index contributed by atoms with van der Waals surface area (Å²) in [6.45, 7) is 4.39. The quantitative estimate of drug-likeness (QED) is 0.370. The molecule has 30 heavy (non-hydrogen) atoms. The first kappa shape index (κ1) is 20.2. The highest BCUT2D eigenvalue weighted by Crippen LogP contribution is 2.21. The number of nitrogens with one attached hydrogen (secondary N) is 1. The highest BCUT2D eigenvalue weighted by atomic mass is 32.2. The predicted octanol–water partition coefficient (Wildman–Crippen LogP) is 4.54. The minimum atomic E-state index is -0.111. The fourth-order valence-electron chi connectivity index (χ4n) is 3.51. The van der Waals surface area contributed by atoms with Gasteiger partial charge in [-0.05, 0) is 48.4 Å². The van der Waals surface area contributed by atoms with E-state index in [1.807, 2.05) is 50.2 Å². The van der Waals surface area contributed by atoms with Crippen LogP contribution in [0.15, 0.2) is 76.7 Å². The van der Waals surface area contributed by atoms with E-state index in [9.17, 15) is 9.59 Å². The molecule has 1 aromatic heterocycles. The third-order valence-corrected chi connectivity index (χ3v) is 6.10. The number of para-hydroxylation sites is 1. The van der Waals surface area contributed by atoms with Crippen molar-refractivity contribution in [2.75, 3.05) is 5.75 Å². The molecule has 1 atom stereocenters. The van der Waals surface area contributed by atoms with Gasteiger partial charge in [0.2, 0.25) is 5.91 Å². The van der Waals surface area contributed by atoms with E-state index in [1.54, 1.807) is 10.6 Å². The van der Waals surface area contributed by atoms with Crippen LogP contribution in [0, 0.1) is 0 Å². The molecule has 0 radical (unpaired) electrons. The molecule has 0 fully saturated rings. The summed E-state index contributed by atoms with van der Waals surface area (Å²) in [4.78, 5) is 29.9. The third-order valence-electron chi connectivity index (χ3n) is 5.13. The monoisotopic (exact) mass is 417 g/mol. The van der Waals surface area contributed by atoms with Crippen LogP contribution < -0.4 is 10.9 Å². The van der Waals surface area contributed by atoms with E-state index < -0.39 is 0 Å². The summed E-state index contributed by atoms with van der Waals surface area (Å²) in [5, 5.41) is 6.53. The van der Waals surface area contributed by atoms with Crippen molar-refractivity contribution in [2.45, 2.75) is 31.6 Å². The van der Waals surface area contributed by atoms with E-state index >= 15 is 0 Å². The highest BCUT2D eigenvalue weighted by molar-refractivity contribution is 7.99. The first-order valence-electron chi connectivity index (χ1n) is 9.97. The van der Waals surface area contributed by atoms with Crippen molar-refractivity contribution < 1.29 is 4.79 Å². The fourth-order valence-corrected chi connectivity index (χ4v) is 4.38. The number of nitrogens with zero attached hydrogens (tertiary/aromatic N) is 2. The molecular formula is C24H23N3O2S. The average molecular weight is 418 g/mol. The number of carbonyl (C=O) groups is 1. The SMILES string of the molecule is CCn1c(SCC(=O)NC(C)c2ccc3ccccc3c2)nc2ccccc2c1=O. The molecule has 0 spiro atoms. The van der Waals surface area contributed by atoms with Crippen molar-refractivity contribution in [1.82, 2.24) is 14.9 Å². The zero-order valence-corrected chi connectivity index (χ0v) is 17.8. The summed E-state index contributed by atoms with van der Waals surface area (Å²) in [6.07, 6.45) is 0. The number of amides is 1. The molecule has 0 aliphatic carbocycles. The van der Waals surface area contributed by atoms with Crippen LogP contribution in [0.5, 0.6) is 0 Å². The molecule has 3 aromatic carbocycles. The minimum absolute atomic E-state index is 0.0736. The molecule has 6 heteroatoms. The van der Waals surface area contributed by atoms with Gasteiger partial charge in [-0.3, -0.25) is 14.2 Å². The van der Waals surface area contributed by atoms with Gasteiger partial charge in [0.15, 0.2) is 5.16 Å². The van der Waals surface area contributed by atoms with Gasteiger partial charge in [0, 0.05) is 6.54 Å². The van der Waals surface area contributed by atoms with Gasteiger partial charge < -0.3 is 5.32 Å². The lowest BCUT2D eigenvalue weighted by Gasteiger charge is -2.16. The molecule has 1 unspecified atom stereocenters.